The smallest absolute Gasteiger partial charge is 0.253 e. The molecule has 4 nitrogen and oxygen atoms in total. The van der Waals surface area contributed by atoms with Crippen molar-refractivity contribution in [3.8, 4) is 0 Å². The van der Waals surface area contributed by atoms with Gasteiger partial charge in [-0.3, -0.25) is 9.59 Å². The summed E-state index contributed by atoms with van der Waals surface area (Å²) in [5.41, 5.74) is 2.35. The molecule has 0 unspecified atom stereocenters. The molecular formula is C22H26N2O2. The zero-order chi connectivity index (χ0) is 17.9. The monoisotopic (exact) mass is 350 g/mol. The van der Waals surface area contributed by atoms with Crippen LogP contribution in [0.2, 0.25) is 0 Å². The van der Waals surface area contributed by atoms with Gasteiger partial charge in [0.15, 0.2) is 0 Å². The predicted octanol–water partition coefficient (Wildman–Crippen LogP) is 3.67. The van der Waals surface area contributed by atoms with Crippen molar-refractivity contribution in [1.29, 1.82) is 0 Å². The Morgan fingerprint density at radius 3 is 2.42 bits per heavy atom. The van der Waals surface area contributed by atoms with Crippen molar-refractivity contribution in [2.24, 2.45) is 23.2 Å². The zero-order valence-electron chi connectivity index (χ0n) is 15.3. The lowest BCUT2D eigenvalue weighted by atomic mass is 9.49. The number of aromatic nitrogens is 1. The first kappa shape index (κ1) is 16.1. The highest BCUT2D eigenvalue weighted by Crippen LogP contribution is 2.60. The maximum Gasteiger partial charge on any atom is 0.253 e. The number of aryl methyl sites for hydroxylation is 1. The van der Waals surface area contributed by atoms with Gasteiger partial charge in [0.1, 0.15) is 0 Å². The zero-order valence-corrected chi connectivity index (χ0v) is 15.3. The summed E-state index contributed by atoms with van der Waals surface area (Å²) >= 11 is 0. The van der Waals surface area contributed by atoms with E-state index < -0.39 is 0 Å². The van der Waals surface area contributed by atoms with Crippen molar-refractivity contribution in [3.63, 3.8) is 0 Å². The molecule has 136 valence electrons. The Bertz CT molecular complexity index is 908. The Morgan fingerprint density at radius 1 is 1.12 bits per heavy atom. The fourth-order valence-corrected chi connectivity index (χ4v) is 6.24. The van der Waals surface area contributed by atoms with Crippen molar-refractivity contribution in [2.75, 3.05) is 0 Å². The molecule has 1 aromatic carbocycles. The molecule has 0 radical (unpaired) electrons. The summed E-state index contributed by atoms with van der Waals surface area (Å²) in [6, 6.07) is 7.95. The minimum Gasteiger partial charge on any atom is -0.351 e. The van der Waals surface area contributed by atoms with Crippen LogP contribution in [0.3, 0.4) is 0 Å². The Labute approximate surface area is 153 Å². The van der Waals surface area contributed by atoms with Crippen LogP contribution >= 0.6 is 0 Å². The van der Waals surface area contributed by atoms with Crippen LogP contribution < -0.4 is 10.9 Å². The van der Waals surface area contributed by atoms with E-state index >= 15 is 0 Å². The molecule has 6 rings (SSSR count). The molecule has 0 atom stereocenters. The van der Waals surface area contributed by atoms with E-state index in [2.05, 4.69) is 10.3 Å². The number of benzene rings is 1. The summed E-state index contributed by atoms with van der Waals surface area (Å²) in [5, 5.41) is 4.12. The summed E-state index contributed by atoms with van der Waals surface area (Å²) in [6.07, 6.45) is 7.15. The van der Waals surface area contributed by atoms with E-state index in [-0.39, 0.29) is 16.9 Å². The first-order chi connectivity index (χ1) is 12.5. The number of rotatable bonds is 3. The highest BCUT2D eigenvalue weighted by Gasteiger charge is 2.54. The number of H-pyrrole nitrogens is 1. The molecule has 1 amide bonds. The number of hydrogen-bond donors (Lipinski definition) is 2. The molecule has 4 aliphatic carbocycles. The van der Waals surface area contributed by atoms with Crippen LogP contribution in [0.1, 0.15) is 49.7 Å². The van der Waals surface area contributed by atoms with Crippen molar-refractivity contribution in [1.82, 2.24) is 10.3 Å². The molecule has 4 bridgehead atoms. The molecule has 4 saturated carbocycles. The van der Waals surface area contributed by atoms with Crippen LogP contribution in [0.4, 0.5) is 0 Å². The van der Waals surface area contributed by atoms with Gasteiger partial charge in [-0.2, -0.15) is 0 Å². The number of hydrogen-bond acceptors (Lipinski definition) is 2. The second-order valence-corrected chi connectivity index (χ2v) is 9.09. The van der Waals surface area contributed by atoms with Gasteiger partial charge in [0, 0.05) is 23.0 Å². The third-order valence-corrected chi connectivity index (χ3v) is 7.04. The lowest BCUT2D eigenvalue weighted by molar-refractivity contribution is -0.146. The maximum atomic E-state index is 13.1. The van der Waals surface area contributed by atoms with Crippen LogP contribution in [-0.4, -0.2) is 10.9 Å². The third-order valence-electron chi connectivity index (χ3n) is 7.04. The van der Waals surface area contributed by atoms with E-state index in [0.29, 0.717) is 12.1 Å². The van der Waals surface area contributed by atoms with Crippen molar-refractivity contribution < 1.29 is 4.79 Å². The molecule has 1 heterocycles. The number of nitrogens with one attached hydrogen (secondary N) is 2. The lowest BCUT2D eigenvalue weighted by Gasteiger charge is -2.55. The van der Waals surface area contributed by atoms with Gasteiger partial charge in [-0.05, 0) is 86.3 Å². The van der Waals surface area contributed by atoms with E-state index in [9.17, 15) is 9.59 Å². The average molecular weight is 350 g/mol. The maximum absolute atomic E-state index is 13.1. The lowest BCUT2D eigenvalue weighted by Crippen LogP contribution is -2.53. The van der Waals surface area contributed by atoms with Gasteiger partial charge in [0.25, 0.3) is 5.56 Å². The summed E-state index contributed by atoms with van der Waals surface area (Å²) < 4.78 is 0. The Balaban J connectivity index is 1.35. The normalized spacial score (nSPS) is 32.1. The van der Waals surface area contributed by atoms with Crippen molar-refractivity contribution >= 4 is 16.8 Å². The molecule has 2 N–H and O–H groups in total. The molecule has 4 aliphatic rings. The van der Waals surface area contributed by atoms with E-state index in [4.69, 9.17) is 0 Å². The van der Waals surface area contributed by atoms with Gasteiger partial charge in [0.05, 0.1) is 0 Å². The summed E-state index contributed by atoms with van der Waals surface area (Å²) in [6.45, 7) is 2.33. The number of carbonyl (C=O) groups excluding carboxylic acids is 1. The third kappa shape index (κ3) is 2.58. The number of amides is 1. The predicted molar refractivity (Wildman–Crippen MR) is 102 cm³/mol. The minimum atomic E-state index is -0.157. The van der Waals surface area contributed by atoms with E-state index in [1.807, 2.05) is 31.2 Å². The number of pyridine rings is 1. The van der Waals surface area contributed by atoms with E-state index in [1.165, 1.54) is 19.3 Å². The second-order valence-electron chi connectivity index (χ2n) is 9.09. The minimum absolute atomic E-state index is 0.103. The van der Waals surface area contributed by atoms with Crippen LogP contribution in [-0.2, 0) is 11.3 Å². The van der Waals surface area contributed by atoms with Crippen LogP contribution in [0.5, 0.6) is 0 Å². The van der Waals surface area contributed by atoms with Gasteiger partial charge in [-0.25, -0.2) is 0 Å². The molecule has 0 spiro atoms. The fourth-order valence-electron chi connectivity index (χ4n) is 6.24. The number of carbonyl (C=O) groups is 1. The van der Waals surface area contributed by atoms with E-state index in [1.54, 1.807) is 0 Å². The molecule has 26 heavy (non-hydrogen) atoms. The summed E-state index contributed by atoms with van der Waals surface area (Å²) in [5.74, 6) is 2.43. The second kappa shape index (κ2) is 5.70. The highest BCUT2D eigenvalue weighted by atomic mass is 16.2. The summed E-state index contributed by atoms with van der Waals surface area (Å²) in [7, 11) is 0. The Hall–Kier alpha value is -2.10. The van der Waals surface area contributed by atoms with Crippen LogP contribution in [0.15, 0.2) is 29.1 Å². The quantitative estimate of drug-likeness (QED) is 0.887. The topological polar surface area (TPSA) is 62.0 Å². The first-order valence-electron chi connectivity index (χ1n) is 9.92. The Kier molecular flexibility index (Phi) is 3.53. The SMILES string of the molecule is Cc1ccc2cc(CNC(=O)C34CC5CC(CC(C5)C3)C4)c(=O)[nH]c2c1. The first-order valence-corrected chi connectivity index (χ1v) is 9.92. The van der Waals surface area contributed by atoms with Crippen molar-refractivity contribution in [3.05, 3.63) is 45.7 Å². The standard InChI is InChI=1S/C22H26N2O2/c1-13-2-3-17-8-18(20(25)24-19(17)4-13)12-23-21(26)22-9-14-5-15(10-22)7-16(6-14)11-22/h2-4,8,14-16H,5-7,9-12H2,1H3,(H,23,26)(H,24,25). The summed E-state index contributed by atoms with van der Waals surface area (Å²) in [4.78, 5) is 28.4. The van der Waals surface area contributed by atoms with Gasteiger partial charge in [-0.15, -0.1) is 0 Å². The molecule has 4 fully saturated rings. The van der Waals surface area contributed by atoms with Crippen LogP contribution in [0.25, 0.3) is 10.9 Å². The van der Waals surface area contributed by atoms with Gasteiger partial charge in [0.2, 0.25) is 5.91 Å². The largest absolute Gasteiger partial charge is 0.351 e. The number of fused-ring (bicyclic) bond motifs is 1. The van der Waals surface area contributed by atoms with Crippen molar-refractivity contribution in [2.45, 2.75) is 52.0 Å². The molecule has 0 aliphatic heterocycles. The van der Waals surface area contributed by atoms with Gasteiger partial charge in [-0.1, -0.05) is 12.1 Å². The van der Waals surface area contributed by atoms with Gasteiger partial charge >= 0.3 is 0 Å². The molecular weight excluding hydrogens is 324 g/mol. The van der Waals surface area contributed by atoms with Gasteiger partial charge < -0.3 is 10.3 Å². The molecule has 4 heteroatoms. The highest BCUT2D eigenvalue weighted by molar-refractivity contribution is 5.83. The molecule has 2 aromatic rings. The Morgan fingerprint density at radius 2 is 1.77 bits per heavy atom. The fraction of sp³-hybridized carbons (Fsp3) is 0.545. The number of aromatic amines is 1. The average Bonchev–Trinajstić information content (AvgIpc) is 2.58. The van der Waals surface area contributed by atoms with Crippen LogP contribution in [0, 0.1) is 30.1 Å². The van der Waals surface area contributed by atoms with E-state index in [0.717, 1.165) is 53.5 Å². The molecule has 1 aromatic heterocycles. The molecule has 0 saturated heterocycles.